The van der Waals surface area contributed by atoms with E-state index in [0.29, 0.717) is 17.2 Å². The second-order valence-electron chi connectivity index (χ2n) is 11.4. The van der Waals surface area contributed by atoms with E-state index in [1.807, 2.05) is 66.7 Å². The number of ether oxygens (including phenoxy) is 1. The van der Waals surface area contributed by atoms with Crippen LogP contribution in [0.5, 0.6) is 5.75 Å². The SMILES string of the molecule is CC(C)(C)c1ccccc1OCC(=O)N(Cc1ccc(Cl)cc1)[C@@H](Cc1ccccc1)C(=O)NC1CCCC1. The summed E-state index contributed by atoms with van der Waals surface area (Å²) in [6.45, 7) is 6.46. The molecule has 2 amide bonds. The normalized spacial score (nSPS) is 14.6. The summed E-state index contributed by atoms with van der Waals surface area (Å²) in [7, 11) is 0. The minimum atomic E-state index is -0.683. The first-order chi connectivity index (χ1) is 18.7. The topological polar surface area (TPSA) is 58.6 Å². The van der Waals surface area contributed by atoms with E-state index in [9.17, 15) is 9.59 Å². The van der Waals surface area contributed by atoms with Gasteiger partial charge in [-0.3, -0.25) is 9.59 Å². The Morgan fingerprint density at radius 2 is 1.56 bits per heavy atom. The molecule has 4 rings (SSSR count). The van der Waals surface area contributed by atoms with Crippen molar-refractivity contribution >= 4 is 23.4 Å². The lowest BCUT2D eigenvalue weighted by atomic mass is 9.86. The second kappa shape index (κ2) is 13.2. The number of nitrogens with zero attached hydrogens (tertiary/aromatic N) is 1. The third-order valence-corrected chi connectivity index (χ3v) is 7.54. The molecule has 1 saturated carbocycles. The molecular formula is C33H39ClN2O3. The van der Waals surface area contributed by atoms with Crippen molar-refractivity contribution in [1.82, 2.24) is 10.2 Å². The molecule has 0 bridgehead atoms. The van der Waals surface area contributed by atoms with E-state index >= 15 is 0 Å². The number of amides is 2. The fraction of sp³-hybridized carbons (Fsp3) is 0.394. The van der Waals surface area contributed by atoms with E-state index in [0.717, 1.165) is 42.4 Å². The zero-order chi connectivity index (χ0) is 27.8. The highest BCUT2D eigenvalue weighted by Crippen LogP contribution is 2.31. The number of carbonyl (C=O) groups excluding carboxylic acids is 2. The summed E-state index contributed by atoms with van der Waals surface area (Å²) in [6, 6.07) is 24.5. The molecule has 206 valence electrons. The van der Waals surface area contributed by atoms with Crippen LogP contribution in [0, 0.1) is 0 Å². The number of hydrogen-bond acceptors (Lipinski definition) is 3. The van der Waals surface area contributed by atoms with Gasteiger partial charge in [-0.15, -0.1) is 0 Å². The lowest BCUT2D eigenvalue weighted by molar-refractivity contribution is -0.143. The van der Waals surface area contributed by atoms with E-state index in [2.05, 4.69) is 26.1 Å². The Kier molecular flexibility index (Phi) is 9.68. The molecule has 5 nitrogen and oxygen atoms in total. The predicted molar refractivity (Wildman–Crippen MR) is 157 cm³/mol. The minimum Gasteiger partial charge on any atom is -0.483 e. The van der Waals surface area contributed by atoms with Crippen LogP contribution < -0.4 is 10.1 Å². The number of para-hydroxylation sites is 1. The molecule has 0 heterocycles. The zero-order valence-electron chi connectivity index (χ0n) is 23.2. The lowest BCUT2D eigenvalue weighted by Gasteiger charge is -2.32. The van der Waals surface area contributed by atoms with Crippen molar-refractivity contribution < 1.29 is 14.3 Å². The minimum absolute atomic E-state index is 0.122. The van der Waals surface area contributed by atoms with Gasteiger partial charge in [0.2, 0.25) is 5.91 Å². The Bertz CT molecular complexity index is 1230. The van der Waals surface area contributed by atoms with Gasteiger partial charge < -0.3 is 15.0 Å². The van der Waals surface area contributed by atoms with Gasteiger partial charge in [-0.25, -0.2) is 0 Å². The number of rotatable bonds is 10. The number of benzene rings is 3. The molecule has 1 N–H and O–H groups in total. The molecule has 0 aliphatic heterocycles. The summed E-state index contributed by atoms with van der Waals surface area (Å²) in [5.74, 6) is 0.319. The summed E-state index contributed by atoms with van der Waals surface area (Å²) in [6.07, 6.45) is 4.59. The molecule has 0 unspecified atom stereocenters. The van der Waals surface area contributed by atoms with Crippen molar-refractivity contribution in [3.63, 3.8) is 0 Å². The van der Waals surface area contributed by atoms with Crippen molar-refractivity contribution in [3.8, 4) is 5.75 Å². The number of halogens is 1. The Hall–Kier alpha value is -3.31. The predicted octanol–water partition coefficient (Wildman–Crippen LogP) is 6.72. The number of carbonyl (C=O) groups is 2. The first-order valence-electron chi connectivity index (χ1n) is 13.8. The van der Waals surface area contributed by atoms with Crippen LogP contribution in [0.3, 0.4) is 0 Å². The molecule has 0 aromatic heterocycles. The maximum absolute atomic E-state index is 13.9. The van der Waals surface area contributed by atoms with Gasteiger partial charge in [-0.2, -0.15) is 0 Å². The van der Waals surface area contributed by atoms with Gasteiger partial charge in [-0.05, 0) is 53.1 Å². The van der Waals surface area contributed by atoms with E-state index < -0.39 is 6.04 Å². The zero-order valence-corrected chi connectivity index (χ0v) is 23.9. The van der Waals surface area contributed by atoms with Gasteiger partial charge in [0, 0.05) is 24.0 Å². The van der Waals surface area contributed by atoms with Crippen molar-refractivity contribution in [3.05, 3.63) is 101 Å². The summed E-state index contributed by atoms with van der Waals surface area (Å²) in [5, 5.41) is 3.86. The largest absolute Gasteiger partial charge is 0.483 e. The summed E-state index contributed by atoms with van der Waals surface area (Å²) >= 11 is 6.13. The quantitative estimate of drug-likeness (QED) is 0.307. The van der Waals surface area contributed by atoms with Gasteiger partial charge in [0.1, 0.15) is 11.8 Å². The van der Waals surface area contributed by atoms with E-state index in [1.54, 1.807) is 17.0 Å². The average molecular weight is 547 g/mol. The second-order valence-corrected chi connectivity index (χ2v) is 11.8. The number of hydrogen-bond donors (Lipinski definition) is 1. The third kappa shape index (κ3) is 8.09. The molecule has 1 aliphatic rings. The maximum atomic E-state index is 13.9. The molecule has 1 atom stereocenters. The average Bonchev–Trinajstić information content (AvgIpc) is 3.43. The molecule has 0 saturated heterocycles. The van der Waals surface area contributed by atoms with Gasteiger partial charge in [0.05, 0.1) is 0 Å². The highest BCUT2D eigenvalue weighted by molar-refractivity contribution is 6.30. The van der Waals surface area contributed by atoms with Crippen LogP contribution in [0.4, 0.5) is 0 Å². The summed E-state index contributed by atoms with van der Waals surface area (Å²) in [5.41, 5.74) is 2.79. The molecular weight excluding hydrogens is 508 g/mol. The van der Waals surface area contributed by atoms with Crippen LogP contribution in [0.2, 0.25) is 5.02 Å². The Balaban J connectivity index is 1.63. The van der Waals surface area contributed by atoms with Crippen molar-refractivity contribution in [2.24, 2.45) is 0 Å². The highest BCUT2D eigenvalue weighted by Gasteiger charge is 2.32. The van der Waals surface area contributed by atoms with E-state index in [4.69, 9.17) is 16.3 Å². The fourth-order valence-electron chi connectivity index (χ4n) is 5.14. The first kappa shape index (κ1) is 28.7. The Morgan fingerprint density at radius 3 is 2.23 bits per heavy atom. The van der Waals surface area contributed by atoms with Crippen LogP contribution >= 0.6 is 11.6 Å². The van der Waals surface area contributed by atoms with Crippen LogP contribution in [0.15, 0.2) is 78.9 Å². The molecule has 1 aliphatic carbocycles. The molecule has 3 aromatic rings. The maximum Gasteiger partial charge on any atom is 0.261 e. The number of nitrogens with one attached hydrogen (secondary N) is 1. The van der Waals surface area contributed by atoms with Gasteiger partial charge in [-0.1, -0.05) is 106 Å². The lowest BCUT2D eigenvalue weighted by Crippen LogP contribution is -2.53. The van der Waals surface area contributed by atoms with Crippen molar-refractivity contribution in [2.45, 2.75) is 76.9 Å². The van der Waals surface area contributed by atoms with Crippen LogP contribution in [-0.4, -0.2) is 35.4 Å². The monoisotopic (exact) mass is 546 g/mol. The molecule has 0 spiro atoms. The first-order valence-corrected chi connectivity index (χ1v) is 14.2. The standard InChI is InChI=1S/C33H39ClN2O3/c1-33(2,3)28-15-9-10-16-30(28)39-23-31(37)36(22-25-17-19-26(34)20-18-25)29(21-24-11-5-4-6-12-24)32(38)35-27-13-7-8-14-27/h4-6,9-12,15-20,27,29H,7-8,13-14,21-23H2,1-3H3,(H,35,38)/t29-/m0/s1. The molecule has 6 heteroatoms. The van der Waals surface area contributed by atoms with Gasteiger partial charge in [0.15, 0.2) is 6.61 Å². The molecule has 3 aromatic carbocycles. The molecule has 0 radical (unpaired) electrons. The summed E-state index contributed by atoms with van der Waals surface area (Å²) in [4.78, 5) is 29.4. The fourth-order valence-corrected chi connectivity index (χ4v) is 5.27. The van der Waals surface area contributed by atoms with E-state index in [1.165, 1.54) is 0 Å². The third-order valence-electron chi connectivity index (χ3n) is 7.29. The van der Waals surface area contributed by atoms with Crippen molar-refractivity contribution in [1.29, 1.82) is 0 Å². The van der Waals surface area contributed by atoms with Crippen molar-refractivity contribution in [2.75, 3.05) is 6.61 Å². The van der Waals surface area contributed by atoms with Gasteiger partial charge >= 0.3 is 0 Å². The molecule has 1 fully saturated rings. The summed E-state index contributed by atoms with van der Waals surface area (Å²) < 4.78 is 6.13. The Morgan fingerprint density at radius 1 is 0.923 bits per heavy atom. The van der Waals surface area contributed by atoms with Crippen LogP contribution in [0.25, 0.3) is 0 Å². The van der Waals surface area contributed by atoms with Gasteiger partial charge in [0.25, 0.3) is 5.91 Å². The van der Waals surface area contributed by atoms with Crippen LogP contribution in [0.1, 0.15) is 63.1 Å². The van der Waals surface area contributed by atoms with E-state index in [-0.39, 0.29) is 36.4 Å². The smallest absolute Gasteiger partial charge is 0.261 e. The highest BCUT2D eigenvalue weighted by atomic mass is 35.5. The Labute approximate surface area is 237 Å². The van der Waals surface area contributed by atoms with Crippen LogP contribution in [-0.2, 0) is 28.0 Å². The molecule has 39 heavy (non-hydrogen) atoms.